The molecule has 1 fully saturated rings. The van der Waals surface area contributed by atoms with Gasteiger partial charge in [-0.15, -0.1) is 0 Å². The summed E-state index contributed by atoms with van der Waals surface area (Å²) >= 11 is 0. The number of rotatable bonds is 2. The summed E-state index contributed by atoms with van der Waals surface area (Å²) in [6.45, 7) is 8.61. The number of carbonyl (C=O) groups excluding carboxylic acids is 1. The van der Waals surface area contributed by atoms with Gasteiger partial charge in [-0.05, 0) is 5.41 Å². The number of allylic oxidation sites excluding steroid dienone is 1. The largest absolute Gasteiger partial charge is 0.381 e. The van der Waals surface area contributed by atoms with Crippen molar-refractivity contribution in [3.8, 4) is 6.07 Å². The fourth-order valence-electron chi connectivity index (χ4n) is 1.89. The topological polar surface area (TPSA) is 47.3 Å². The Bertz CT molecular complexity index is 399. The van der Waals surface area contributed by atoms with Gasteiger partial charge < -0.3 is 9.80 Å². The van der Waals surface area contributed by atoms with E-state index in [1.54, 1.807) is 16.0 Å². The highest BCUT2D eigenvalue weighted by Crippen LogP contribution is 2.47. The van der Waals surface area contributed by atoms with Crippen molar-refractivity contribution >= 4 is 5.91 Å². The maximum atomic E-state index is 12.3. The van der Waals surface area contributed by atoms with Crippen LogP contribution in [0.4, 0.5) is 0 Å². The fourth-order valence-corrected chi connectivity index (χ4v) is 1.89. The Balaban J connectivity index is 3.13. The third-order valence-electron chi connectivity index (χ3n) is 3.81. The van der Waals surface area contributed by atoms with Crippen molar-refractivity contribution in [3.63, 3.8) is 0 Å². The lowest BCUT2D eigenvalue weighted by Gasteiger charge is -2.30. The molecule has 4 nitrogen and oxygen atoms in total. The molecule has 94 valence electrons. The summed E-state index contributed by atoms with van der Waals surface area (Å²) in [6.07, 6.45) is 1.69. The van der Waals surface area contributed by atoms with Crippen molar-refractivity contribution in [3.05, 3.63) is 11.9 Å². The van der Waals surface area contributed by atoms with Crippen molar-refractivity contribution in [2.75, 3.05) is 20.6 Å². The monoisotopic (exact) mass is 235 g/mol. The molecule has 0 atom stereocenters. The van der Waals surface area contributed by atoms with Gasteiger partial charge in [0, 0.05) is 26.8 Å². The molecule has 0 radical (unpaired) electrons. The van der Waals surface area contributed by atoms with E-state index >= 15 is 0 Å². The van der Waals surface area contributed by atoms with Gasteiger partial charge in [-0.1, -0.05) is 27.7 Å². The van der Waals surface area contributed by atoms with Crippen molar-refractivity contribution in [1.29, 1.82) is 5.26 Å². The van der Waals surface area contributed by atoms with Crippen LogP contribution in [0.2, 0.25) is 0 Å². The minimum atomic E-state index is -0.435. The van der Waals surface area contributed by atoms with Gasteiger partial charge >= 0.3 is 0 Å². The minimum Gasteiger partial charge on any atom is -0.381 e. The summed E-state index contributed by atoms with van der Waals surface area (Å²) in [6, 6.07) is 2.11. The molecular weight excluding hydrogens is 214 g/mol. The predicted octanol–water partition coefficient (Wildman–Crippen LogP) is 1.81. The highest BCUT2D eigenvalue weighted by Gasteiger charge is 2.53. The molecule has 0 N–H and O–H groups in total. The van der Waals surface area contributed by atoms with E-state index in [1.165, 1.54) is 0 Å². The van der Waals surface area contributed by atoms with Gasteiger partial charge in [-0.25, -0.2) is 0 Å². The van der Waals surface area contributed by atoms with Gasteiger partial charge in [-0.3, -0.25) is 4.79 Å². The number of nitriles is 1. The number of hydrogen-bond donors (Lipinski definition) is 0. The zero-order chi connectivity index (χ0) is 13.4. The average molecular weight is 235 g/mol. The van der Waals surface area contributed by atoms with Gasteiger partial charge in [0.2, 0.25) is 5.91 Å². The number of carbonyl (C=O) groups is 1. The molecule has 1 saturated heterocycles. The van der Waals surface area contributed by atoms with Gasteiger partial charge in [0.25, 0.3) is 0 Å². The maximum absolute atomic E-state index is 12.3. The summed E-state index contributed by atoms with van der Waals surface area (Å²) in [7, 11) is 3.68. The van der Waals surface area contributed by atoms with E-state index in [9.17, 15) is 4.79 Å². The molecule has 4 heteroatoms. The molecule has 0 aromatic carbocycles. The van der Waals surface area contributed by atoms with Crippen LogP contribution >= 0.6 is 0 Å². The van der Waals surface area contributed by atoms with Crippen LogP contribution in [0.25, 0.3) is 0 Å². The van der Waals surface area contributed by atoms with Crippen molar-refractivity contribution in [2.45, 2.75) is 27.7 Å². The Morgan fingerprint density at radius 2 is 1.94 bits per heavy atom. The number of nitrogens with zero attached hydrogens (tertiary/aromatic N) is 3. The van der Waals surface area contributed by atoms with Gasteiger partial charge in [-0.2, -0.15) is 5.26 Å². The Labute approximate surface area is 103 Å². The first kappa shape index (κ1) is 13.6. The molecule has 1 amide bonds. The molecule has 1 aliphatic heterocycles. The van der Waals surface area contributed by atoms with Crippen LogP contribution in [-0.2, 0) is 4.79 Å². The molecule has 0 saturated carbocycles. The van der Waals surface area contributed by atoms with Crippen molar-refractivity contribution in [1.82, 2.24) is 9.80 Å². The summed E-state index contributed by atoms with van der Waals surface area (Å²) in [5, 5.41) is 9.15. The number of likely N-dealkylation sites (tertiary alicyclic amines) is 1. The Hall–Kier alpha value is -1.50. The second kappa shape index (κ2) is 4.06. The maximum Gasteiger partial charge on any atom is 0.233 e. The number of amides is 1. The van der Waals surface area contributed by atoms with E-state index in [4.69, 9.17) is 5.26 Å². The van der Waals surface area contributed by atoms with Gasteiger partial charge in [0.1, 0.15) is 11.8 Å². The normalized spacial score (nSPS) is 22.5. The Morgan fingerprint density at radius 3 is 2.24 bits per heavy atom. The van der Waals surface area contributed by atoms with E-state index in [0.717, 1.165) is 0 Å². The molecule has 0 spiro atoms. The van der Waals surface area contributed by atoms with Crippen molar-refractivity contribution in [2.24, 2.45) is 10.8 Å². The van der Waals surface area contributed by atoms with E-state index in [2.05, 4.69) is 19.9 Å². The van der Waals surface area contributed by atoms with Crippen LogP contribution in [0, 0.1) is 22.2 Å². The van der Waals surface area contributed by atoms with Gasteiger partial charge in [0.05, 0.1) is 5.41 Å². The molecule has 0 aromatic rings. The quantitative estimate of drug-likeness (QED) is 0.686. The van der Waals surface area contributed by atoms with E-state index in [1.807, 2.05) is 27.9 Å². The molecular formula is C13H21N3O. The lowest BCUT2D eigenvalue weighted by molar-refractivity contribution is -0.134. The molecule has 0 aliphatic carbocycles. The summed E-state index contributed by atoms with van der Waals surface area (Å²) in [4.78, 5) is 15.7. The van der Waals surface area contributed by atoms with Crippen LogP contribution in [0.1, 0.15) is 27.7 Å². The van der Waals surface area contributed by atoms with Crippen molar-refractivity contribution < 1.29 is 4.79 Å². The molecule has 0 unspecified atom stereocenters. The van der Waals surface area contributed by atoms with Crippen LogP contribution in [-0.4, -0.2) is 36.3 Å². The molecule has 1 rings (SSSR count). The van der Waals surface area contributed by atoms with Gasteiger partial charge in [0.15, 0.2) is 0 Å². The van der Waals surface area contributed by atoms with Crippen LogP contribution in [0.15, 0.2) is 11.9 Å². The van der Waals surface area contributed by atoms with E-state index in [0.29, 0.717) is 12.2 Å². The predicted molar refractivity (Wildman–Crippen MR) is 66.7 cm³/mol. The molecule has 1 heterocycles. The second-order valence-corrected chi connectivity index (χ2v) is 5.99. The molecule has 0 aromatic heterocycles. The summed E-state index contributed by atoms with van der Waals surface area (Å²) < 4.78 is 0. The van der Waals surface area contributed by atoms with E-state index < -0.39 is 5.41 Å². The smallest absolute Gasteiger partial charge is 0.233 e. The third-order valence-corrected chi connectivity index (χ3v) is 3.81. The van der Waals surface area contributed by atoms with Crippen LogP contribution in [0.3, 0.4) is 0 Å². The summed E-state index contributed by atoms with van der Waals surface area (Å²) in [5.74, 6) is 0.0251. The average Bonchev–Trinajstić information content (AvgIpc) is 2.35. The summed E-state index contributed by atoms with van der Waals surface area (Å²) in [5.41, 5.74) is -0.152. The van der Waals surface area contributed by atoms with Crippen LogP contribution in [0.5, 0.6) is 0 Å². The number of hydrogen-bond acceptors (Lipinski definition) is 3. The Morgan fingerprint density at radius 1 is 1.41 bits per heavy atom. The van der Waals surface area contributed by atoms with E-state index in [-0.39, 0.29) is 11.3 Å². The molecule has 17 heavy (non-hydrogen) atoms. The molecule has 0 bridgehead atoms. The highest BCUT2D eigenvalue weighted by molar-refractivity contribution is 5.87. The first-order valence-electron chi connectivity index (χ1n) is 5.74. The second-order valence-electron chi connectivity index (χ2n) is 5.99. The Kier molecular flexibility index (Phi) is 3.24. The first-order chi connectivity index (χ1) is 7.63. The zero-order valence-electron chi connectivity index (χ0n) is 11.5. The third kappa shape index (κ3) is 2.14. The van der Waals surface area contributed by atoms with Crippen LogP contribution < -0.4 is 0 Å². The zero-order valence-corrected chi connectivity index (χ0v) is 11.5. The minimum absolute atomic E-state index is 0.0251. The first-order valence-corrected chi connectivity index (χ1v) is 5.74. The fraction of sp³-hybridized carbons (Fsp3) is 0.692. The highest BCUT2D eigenvalue weighted by atomic mass is 16.2. The standard InChI is InChI=1S/C13H21N3O/c1-12(2)9-16(11(17)13(12,3)4)10(7-14)8-15(5)6/h8H,9H2,1-6H3. The molecule has 1 aliphatic rings. The lowest BCUT2D eigenvalue weighted by Crippen LogP contribution is -2.34. The lowest BCUT2D eigenvalue weighted by atomic mass is 9.70. The SMILES string of the molecule is CN(C)C=C(C#N)N1CC(C)(C)C(C)(C)C1=O.